The van der Waals surface area contributed by atoms with E-state index in [0.717, 1.165) is 11.0 Å². The summed E-state index contributed by atoms with van der Waals surface area (Å²) in [4.78, 5) is 47.4. The number of nitro benzene ring substituents is 1. The lowest BCUT2D eigenvalue weighted by Gasteiger charge is -2.14. The van der Waals surface area contributed by atoms with Crippen molar-refractivity contribution in [3.63, 3.8) is 0 Å². The van der Waals surface area contributed by atoms with Gasteiger partial charge in [0.25, 0.3) is 17.5 Å². The Bertz CT molecular complexity index is 954. The van der Waals surface area contributed by atoms with Crippen LogP contribution in [0.25, 0.3) is 0 Å². The molecular formula is C18H14N2O7. The predicted octanol–water partition coefficient (Wildman–Crippen LogP) is 2.06. The standard InChI is InChI=1S/C18H14N2O7/c1-26-18(23)11-3-2-4-13(9-11)27-8-7-19-16(21)14-6-5-12(20(24)25)10-15(14)17(19)22/h2-6,9-10H,7-8H2,1H3. The van der Waals surface area contributed by atoms with Crippen molar-refractivity contribution in [2.45, 2.75) is 0 Å². The van der Waals surface area contributed by atoms with Crippen LogP contribution in [0.5, 0.6) is 5.75 Å². The number of nitro groups is 1. The molecule has 0 saturated carbocycles. The van der Waals surface area contributed by atoms with Gasteiger partial charge in [0.15, 0.2) is 0 Å². The minimum absolute atomic E-state index is 0.00175. The molecule has 2 aromatic carbocycles. The third-order valence-corrected chi connectivity index (χ3v) is 4.00. The minimum Gasteiger partial charge on any atom is -0.492 e. The number of esters is 1. The lowest BCUT2D eigenvalue weighted by molar-refractivity contribution is -0.384. The number of fused-ring (bicyclic) bond motifs is 1. The number of rotatable bonds is 6. The quantitative estimate of drug-likeness (QED) is 0.331. The molecule has 3 rings (SSSR count). The Morgan fingerprint density at radius 3 is 2.56 bits per heavy atom. The highest BCUT2D eigenvalue weighted by Gasteiger charge is 2.36. The Balaban J connectivity index is 1.67. The van der Waals surface area contributed by atoms with Gasteiger partial charge >= 0.3 is 5.97 Å². The molecule has 1 aliphatic rings. The average Bonchev–Trinajstić information content (AvgIpc) is 2.92. The third kappa shape index (κ3) is 3.47. The largest absolute Gasteiger partial charge is 0.492 e. The maximum Gasteiger partial charge on any atom is 0.337 e. The highest BCUT2D eigenvalue weighted by molar-refractivity contribution is 6.21. The first-order valence-corrected chi connectivity index (χ1v) is 7.88. The number of ether oxygens (including phenoxy) is 2. The van der Waals surface area contributed by atoms with Crippen molar-refractivity contribution >= 4 is 23.5 Å². The summed E-state index contributed by atoms with van der Waals surface area (Å²) in [6.45, 7) is -0.0409. The normalized spacial score (nSPS) is 12.7. The first kappa shape index (κ1) is 18.1. The summed E-state index contributed by atoms with van der Waals surface area (Å²) in [5.41, 5.74) is 0.177. The summed E-state index contributed by atoms with van der Waals surface area (Å²) in [6, 6.07) is 9.83. The average molecular weight is 370 g/mol. The highest BCUT2D eigenvalue weighted by Crippen LogP contribution is 2.26. The number of benzene rings is 2. The van der Waals surface area contributed by atoms with Gasteiger partial charge in [0, 0.05) is 12.1 Å². The molecule has 0 bridgehead atoms. The van der Waals surface area contributed by atoms with Crippen molar-refractivity contribution < 1.29 is 28.8 Å². The van der Waals surface area contributed by atoms with Gasteiger partial charge in [-0.3, -0.25) is 24.6 Å². The third-order valence-electron chi connectivity index (χ3n) is 4.00. The Hall–Kier alpha value is -3.75. The summed E-state index contributed by atoms with van der Waals surface area (Å²) in [5.74, 6) is -1.27. The molecule has 1 aliphatic heterocycles. The van der Waals surface area contributed by atoms with Gasteiger partial charge < -0.3 is 9.47 Å². The fraction of sp³-hybridized carbons (Fsp3) is 0.167. The Kier molecular flexibility index (Phi) is 4.84. The van der Waals surface area contributed by atoms with Crippen molar-refractivity contribution in [1.82, 2.24) is 4.90 Å². The van der Waals surface area contributed by atoms with Crippen molar-refractivity contribution in [2.24, 2.45) is 0 Å². The van der Waals surface area contributed by atoms with Crippen LogP contribution in [0.3, 0.4) is 0 Å². The molecule has 0 radical (unpaired) electrons. The maximum atomic E-state index is 12.4. The molecule has 0 N–H and O–H groups in total. The molecule has 0 saturated heterocycles. The van der Waals surface area contributed by atoms with E-state index in [2.05, 4.69) is 4.74 Å². The molecule has 0 fully saturated rings. The van der Waals surface area contributed by atoms with E-state index in [1.54, 1.807) is 18.2 Å². The van der Waals surface area contributed by atoms with E-state index in [9.17, 15) is 24.5 Å². The molecule has 0 atom stereocenters. The van der Waals surface area contributed by atoms with Gasteiger partial charge in [-0.15, -0.1) is 0 Å². The number of methoxy groups -OCH3 is 1. The summed E-state index contributed by atoms with van der Waals surface area (Å²) >= 11 is 0. The Morgan fingerprint density at radius 1 is 1.11 bits per heavy atom. The van der Waals surface area contributed by atoms with Crippen molar-refractivity contribution in [1.29, 1.82) is 0 Å². The summed E-state index contributed by atoms with van der Waals surface area (Å²) in [5, 5.41) is 10.8. The van der Waals surface area contributed by atoms with Crippen molar-refractivity contribution in [3.05, 3.63) is 69.3 Å². The lowest BCUT2D eigenvalue weighted by atomic mass is 10.1. The van der Waals surface area contributed by atoms with Gasteiger partial charge in [0.1, 0.15) is 12.4 Å². The molecule has 0 aromatic heterocycles. The van der Waals surface area contributed by atoms with Gasteiger partial charge in [-0.25, -0.2) is 4.79 Å². The topological polar surface area (TPSA) is 116 Å². The molecule has 2 amide bonds. The second kappa shape index (κ2) is 7.24. The van der Waals surface area contributed by atoms with Crippen LogP contribution in [0, 0.1) is 10.1 Å². The van der Waals surface area contributed by atoms with Crippen LogP contribution in [0.1, 0.15) is 31.1 Å². The van der Waals surface area contributed by atoms with Gasteiger partial charge in [-0.05, 0) is 24.3 Å². The predicted molar refractivity (Wildman–Crippen MR) is 91.7 cm³/mol. The second-order valence-electron chi connectivity index (χ2n) is 5.62. The first-order valence-electron chi connectivity index (χ1n) is 7.88. The Labute approximate surface area is 153 Å². The molecule has 0 unspecified atom stereocenters. The van der Waals surface area contributed by atoms with Crippen LogP contribution < -0.4 is 4.74 Å². The van der Waals surface area contributed by atoms with Crippen LogP contribution in [-0.4, -0.2) is 47.9 Å². The lowest BCUT2D eigenvalue weighted by Crippen LogP contribution is -2.33. The van der Waals surface area contributed by atoms with E-state index >= 15 is 0 Å². The van der Waals surface area contributed by atoms with Crippen molar-refractivity contribution in [2.75, 3.05) is 20.3 Å². The van der Waals surface area contributed by atoms with Crippen molar-refractivity contribution in [3.8, 4) is 5.75 Å². The van der Waals surface area contributed by atoms with Crippen LogP contribution in [-0.2, 0) is 4.74 Å². The number of carbonyl (C=O) groups is 3. The van der Waals surface area contributed by atoms with Gasteiger partial charge in [-0.1, -0.05) is 6.07 Å². The highest BCUT2D eigenvalue weighted by atomic mass is 16.6. The van der Waals surface area contributed by atoms with Gasteiger partial charge in [-0.2, -0.15) is 0 Å². The van der Waals surface area contributed by atoms with Crippen LogP contribution >= 0.6 is 0 Å². The number of non-ortho nitro benzene ring substituents is 1. The van der Waals surface area contributed by atoms with E-state index in [0.29, 0.717) is 11.3 Å². The molecule has 9 nitrogen and oxygen atoms in total. The Morgan fingerprint density at radius 2 is 1.85 bits per heavy atom. The van der Waals surface area contributed by atoms with Gasteiger partial charge in [0.2, 0.25) is 0 Å². The zero-order valence-corrected chi connectivity index (χ0v) is 14.2. The molecule has 0 aliphatic carbocycles. The number of imide groups is 1. The SMILES string of the molecule is COC(=O)c1cccc(OCCN2C(=O)c3ccc([N+](=O)[O-])cc3C2=O)c1. The molecule has 138 valence electrons. The fourth-order valence-corrected chi connectivity index (χ4v) is 2.68. The second-order valence-corrected chi connectivity index (χ2v) is 5.62. The van der Waals surface area contributed by atoms with Gasteiger partial charge in [0.05, 0.1) is 35.3 Å². The molecule has 2 aromatic rings. The molecule has 9 heteroatoms. The number of hydrogen-bond donors (Lipinski definition) is 0. The van der Waals surface area contributed by atoms with Crippen LogP contribution in [0.4, 0.5) is 5.69 Å². The van der Waals surface area contributed by atoms with E-state index in [4.69, 9.17) is 4.74 Å². The number of nitrogens with zero attached hydrogens (tertiary/aromatic N) is 2. The molecule has 1 heterocycles. The zero-order valence-electron chi connectivity index (χ0n) is 14.2. The summed E-state index contributed by atoms with van der Waals surface area (Å²) < 4.78 is 10.1. The smallest absolute Gasteiger partial charge is 0.337 e. The van der Waals surface area contributed by atoms with E-state index in [1.807, 2.05) is 0 Å². The summed E-state index contributed by atoms with van der Waals surface area (Å²) in [6.07, 6.45) is 0. The molecular weight excluding hydrogens is 356 g/mol. The number of amides is 2. The minimum atomic E-state index is -0.627. The maximum absolute atomic E-state index is 12.4. The van der Waals surface area contributed by atoms with Crippen LogP contribution in [0.2, 0.25) is 0 Å². The zero-order chi connectivity index (χ0) is 19.6. The first-order chi connectivity index (χ1) is 12.9. The molecule has 0 spiro atoms. The number of carbonyl (C=O) groups excluding carboxylic acids is 3. The molecule has 27 heavy (non-hydrogen) atoms. The number of hydrogen-bond acceptors (Lipinski definition) is 7. The fourth-order valence-electron chi connectivity index (χ4n) is 2.68. The summed E-state index contributed by atoms with van der Waals surface area (Å²) in [7, 11) is 1.27. The van der Waals surface area contributed by atoms with Crippen LogP contribution in [0.15, 0.2) is 42.5 Å². The van der Waals surface area contributed by atoms with E-state index in [-0.39, 0.29) is 30.0 Å². The van der Waals surface area contributed by atoms with E-state index in [1.165, 1.54) is 25.3 Å². The van der Waals surface area contributed by atoms with E-state index < -0.39 is 22.7 Å². The monoisotopic (exact) mass is 370 g/mol.